The fourth-order valence-corrected chi connectivity index (χ4v) is 4.49. The van der Waals surface area contributed by atoms with Gasteiger partial charge in [0.25, 0.3) is 5.91 Å². The Morgan fingerprint density at radius 3 is 2.45 bits per heavy atom. The van der Waals surface area contributed by atoms with Crippen molar-refractivity contribution in [2.45, 2.75) is 38.8 Å². The SMILES string of the molecule is Cc1nonc1C(=O)N1CCC(C(Cc2ccccc2)N(C)Cc2ccncc2)CC1. The second kappa shape index (κ2) is 9.83. The van der Waals surface area contributed by atoms with Crippen LogP contribution in [0.25, 0.3) is 0 Å². The van der Waals surface area contributed by atoms with Crippen LogP contribution in [-0.2, 0) is 13.0 Å². The van der Waals surface area contributed by atoms with Gasteiger partial charge in [-0.15, -0.1) is 0 Å². The molecule has 1 aromatic carbocycles. The van der Waals surface area contributed by atoms with Crippen LogP contribution in [0.1, 0.15) is 40.2 Å². The van der Waals surface area contributed by atoms with E-state index < -0.39 is 0 Å². The zero-order chi connectivity index (χ0) is 21.6. The lowest BCUT2D eigenvalue weighted by Crippen LogP contribution is -2.46. The minimum Gasteiger partial charge on any atom is -0.337 e. The van der Waals surface area contributed by atoms with Crippen molar-refractivity contribution in [2.24, 2.45) is 5.92 Å². The van der Waals surface area contributed by atoms with Crippen molar-refractivity contribution in [2.75, 3.05) is 20.1 Å². The fourth-order valence-electron chi connectivity index (χ4n) is 4.49. The Hall–Kier alpha value is -3.06. The van der Waals surface area contributed by atoms with Crippen molar-refractivity contribution in [3.63, 3.8) is 0 Å². The standard InChI is InChI=1S/C24H29N5O2/c1-18-23(27-31-26-18)24(30)29-14-10-21(11-15-29)22(16-19-6-4-3-5-7-19)28(2)17-20-8-12-25-13-9-20/h3-9,12-13,21-22H,10-11,14-17H2,1-2H3. The van der Waals surface area contributed by atoms with E-state index in [2.05, 4.69) is 69.7 Å². The van der Waals surface area contributed by atoms with Gasteiger partial charge in [0.2, 0.25) is 0 Å². The summed E-state index contributed by atoms with van der Waals surface area (Å²) in [6.45, 7) is 4.08. The van der Waals surface area contributed by atoms with Crippen LogP contribution in [0.15, 0.2) is 59.5 Å². The molecular formula is C24H29N5O2. The normalized spacial score (nSPS) is 15.9. The van der Waals surface area contributed by atoms with Gasteiger partial charge in [0.05, 0.1) is 0 Å². The monoisotopic (exact) mass is 419 g/mol. The van der Waals surface area contributed by atoms with Crippen molar-refractivity contribution in [3.05, 3.63) is 77.4 Å². The highest BCUT2D eigenvalue weighted by Crippen LogP contribution is 2.28. The topological polar surface area (TPSA) is 75.4 Å². The minimum atomic E-state index is -0.0815. The Balaban J connectivity index is 1.45. The summed E-state index contributed by atoms with van der Waals surface area (Å²) in [6.07, 6.45) is 6.62. The second-order valence-corrected chi connectivity index (χ2v) is 8.36. The highest BCUT2D eigenvalue weighted by atomic mass is 16.6. The van der Waals surface area contributed by atoms with Crippen LogP contribution in [0, 0.1) is 12.8 Å². The first-order valence-corrected chi connectivity index (χ1v) is 10.8. The minimum absolute atomic E-state index is 0.0815. The lowest BCUT2D eigenvalue weighted by Gasteiger charge is -2.40. The number of carbonyl (C=O) groups is 1. The number of benzene rings is 1. The maximum Gasteiger partial charge on any atom is 0.278 e. The highest BCUT2D eigenvalue weighted by Gasteiger charge is 2.32. The summed E-state index contributed by atoms with van der Waals surface area (Å²) in [5, 5.41) is 7.53. The summed E-state index contributed by atoms with van der Waals surface area (Å²) in [4.78, 5) is 21.2. The number of hydrogen-bond acceptors (Lipinski definition) is 6. The molecular weight excluding hydrogens is 390 g/mol. The molecule has 2 aromatic heterocycles. The lowest BCUT2D eigenvalue weighted by atomic mass is 9.84. The molecule has 0 aliphatic carbocycles. The van der Waals surface area contributed by atoms with Gasteiger partial charge in [-0.3, -0.25) is 14.7 Å². The number of pyridine rings is 1. The molecule has 0 spiro atoms. The molecule has 1 unspecified atom stereocenters. The van der Waals surface area contributed by atoms with E-state index in [1.807, 2.05) is 17.3 Å². The Morgan fingerprint density at radius 2 is 1.81 bits per heavy atom. The van der Waals surface area contributed by atoms with Crippen LogP contribution < -0.4 is 0 Å². The zero-order valence-corrected chi connectivity index (χ0v) is 18.1. The summed E-state index contributed by atoms with van der Waals surface area (Å²) in [6, 6.07) is 15.2. The first-order valence-electron chi connectivity index (χ1n) is 10.8. The molecule has 1 saturated heterocycles. The average Bonchev–Trinajstić information content (AvgIpc) is 3.24. The van der Waals surface area contributed by atoms with Crippen LogP contribution in [-0.4, -0.2) is 57.2 Å². The van der Waals surface area contributed by atoms with Crippen LogP contribution in [0.3, 0.4) is 0 Å². The van der Waals surface area contributed by atoms with Gasteiger partial charge in [-0.2, -0.15) is 0 Å². The van der Waals surface area contributed by atoms with E-state index in [9.17, 15) is 4.79 Å². The van der Waals surface area contributed by atoms with Crippen molar-refractivity contribution in [3.8, 4) is 0 Å². The van der Waals surface area contributed by atoms with Crippen LogP contribution >= 0.6 is 0 Å². The van der Waals surface area contributed by atoms with Gasteiger partial charge >= 0.3 is 0 Å². The van der Waals surface area contributed by atoms with Gasteiger partial charge in [-0.05, 0) is 67.6 Å². The number of amides is 1. The predicted molar refractivity (Wildman–Crippen MR) is 117 cm³/mol. The number of likely N-dealkylation sites (N-methyl/N-ethyl adjacent to an activating group) is 1. The number of carbonyl (C=O) groups excluding carboxylic acids is 1. The van der Waals surface area contributed by atoms with E-state index in [4.69, 9.17) is 4.63 Å². The summed E-state index contributed by atoms with van der Waals surface area (Å²) in [7, 11) is 2.20. The number of nitrogens with zero attached hydrogens (tertiary/aromatic N) is 5. The van der Waals surface area contributed by atoms with Gasteiger partial charge < -0.3 is 4.90 Å². The van der Waals surface area contributed by atoms with Crippen LogP contribution in [0.4, 0.5) is 0 Å². The van der Waals surface area contributed by atoms with E-state index in [0.717, 1.165) is 38.9 Å². The molecule has 3 aromatic rings. The van der Waals surface area contributed by atoms with Crippen molar-refractivity contribution in [1.82, 2.24) is 25.1 Å². The van der Waals surface area contributed by atoms with Gasteiger partial charge in [0, 0.05) is 38.1 Å². The molecule has 7 heteroatoms. The number of likely N-dealkylation sites (tertiary alicyclic amines) is 1. The first kappa shape index (κ1) is 21.2. The molecule has 4 rings (SSSR count). The number of hydrogen-bond donors (Lipinski definition) is 0. The van der Waals surface area contributed by atoms with Crippen molar-refractivity contribution in [1.29, 1.82) is 0 Å². The Kier molecular flexibility index (Phi) is 6.72. The van der Waals surface area contributed by atoms with E-state index in [1.54, 1.807) is 6.92 Å². The quantitative estimate of drug-likeness (QED) is 0.585. The third-order valence-electron chi connectivity index (χ3n) is 6.26. The fraction of sp³-hybridized carbons (Fsp3) is 0.417. The maximum atomic E-state index is 12.8. The van der Waals surface area contributed by atoms with E-state index >= 15 is 0 Å². The molecule has 0 bridgehead atoms. The molecule has 0 radical (unpaired) electrons. The number of aromatic nitrogens is 3. The third kappa shape index (κ3) is 5.17. The van der Waals surface area contributed by atoms with Crippen LogP contribution in [0.2, 0.25) is 0 Å². The van der Waals surface area contributed by atoms with Crippen molar-refractivity contribution >= 4 is 5.91 Å². The predicted octanol–water partition coefficient (Wildman–Crippen LogP) is 3.37. The Morgan fingerprint density at radius 1 is 1.10 bits per heavy atom. The lowest BCUT2D eigenvalue weighted by molar-refractivity contribution is 0.0592. The summed E-state index contributed by atoms with van der Waals surface area (Å²) in [5.41, 5.74) is 3.48. The molecule has 1 aliphatic heterocycles. The molecule has 31 heavy (non-hydrogen) atoms. The van der Waals surface area contributed by atoms with Gasteiger partial charge in [-0.1, -0.05) is 35.5 Å². The molecule has 7 nitrogen and oxygen atoms in total. The highest BCUT2D eigenvalue weighted by molar-refractivity contribution is 5.93. The Bertz CT molecular complexity index is 968. The third-order valence-corrected chi connectivity index (χ3v) is 6.26. The van der Waals surface area contributed by atoms with Gasteiger partial charge in [0.1, 0.15) is 5.69 Å². The molecule has 162 valence electrons. The number of aryl methyl sites for hydroxylation is 1. The molecule has 1 fully saturated rings. The second-order valence-electron chi connectivity index (χ2n) is 8.36. The maximum absolute atomic E-state index is 12.8. The smallest absolute Gasteiger partial charge is 0.278 e. The molecule has 1 atom stereocenters. The average molecular weight is 420 g/mol. The van der Waals surface area contributed by atoms with Crippen LogP contribution in [0.5, 0.6) is 0 Å². The summed E-state index contributed by atoms with van der Waals surface area (Å²) < 4.78 is 4.71. The van der Waals surface area contributed by atoms with Crippen molar-refractivity contribution < 1.29 is 9.42 Å². The molecule has 0 N–H and O–H groups in total. The van der Waals surface area contributed by atoms with Gasteiger partial charge in [-0.25, -0.2) is 4.63 Å². The number of rotatable bonds is 7. The largest absolute Gasteiger partial charge is 0.337 e. The molecule has 1 aliphatic rings. The Labute approximate surface area is 183 Å². The zero-order valence-electron chi connectivity index (χ0n) is 18.1. The molecule has 1 amide bonds. The van der Waals surface area contributed by atoms with E-state index in [1.165, 1.54) is 11.1 Å². The first-order chi connectivity index (χ1) is 15.1. The van der Waals surface area contributed by atoms with Gasteiger partial charge in [0.15, 0.2) is 5.69 Å². The number of piperidine rings is 1. The summed E-state index contributed by atoms with van der Waals surface area (Å²) >= 11 is 0. The molecule has 0 saturated carbocycles. The van der Waals surface area contributed by atoms with E-state index in [0.29, 0.717) is 23.3 Å². The molecule has 3 heterocycles. The summed E-state index contributed by atoms with van der Waals surface area (Å²) in [5.74, 6) is 0.426. The van der Waals surface area contributed by atoms with E-state index in [-0.39, 0.29) is 5.91 Å².